The number of amides is 1. The number of carboxylic acids is 1. The van der Waals surface area contributed by atoms with Crippen LogP contribution in [0.2, 0.25) is 0 Å². The van der Waals surface area contributed by atoms with Crippen LogP contribution in [-0.2, 0) is 9.53 Å². The van der Waals surface area contributed by atoms with Crippen LogP contribution in [0, 0.1) is 0 Å². The number of nitrogens with one attached hydrogen (secondary N) is 1. The third-order valence-corrected chi connectivity index (χ3v) is 2.78. The molecule has 0 bridgehead atoms. The van der Waals surface area contributed by atoms with Crippen molar-refractivity contribution in [2.24, 2.45) is 0 Å². The number of carbonyl (C=O) groups is 2. The molecule has 2 rings (SSSR count). The molecular weight excluding hydrogens is 274 g/mol. The molecule has 0 aliphatic carbocycles. The zero-order valence-corrected chi connectivity index (χ0v) is 11.4. The lowest BCUT2D eigenvalue weighted by molar-refractivity contribution is -0.140. The van der Waals surface area contributed by atoms with Crippen LogP contribution >= 0.6 is 0 Å². The van der Waals surface area contributed by atoms with Gasteiger partial charge < -0.3 is 15.2 Å². The molecule has 1 amide bonds. The predicted octanol–water partition coefficient (Wildman–Crippen LogP) is 0.702. The number of hydrogen-bond acceptors (Lipinski definition) is 4. The van der Waals surface area contributed by atoms with E-state index in [2.05, 4.69) is 10.4 Å². The van der Waals surface area contributed by atoms with Crippen molar-refractivity contribution in [3.05, 3.63) is 48.3 Å². The van der Waals surface area contributed by atoms with Crippen molar-refractivity contribution >= 4 is 11.9 Å². The first-order chi connectivity index (χ1) is 10.1. The Labute approximate surface area is 121 Å². The molecule has 2 aromatic rings. The predicted molar refractivity (Wildman–Crippen MR) is 74.3 cm³/mol. The van der Waals surface area contributed by atoms with E-state index in [0.717, 1.165) is 5.69 Å². The van der Waals surface area contributed by atoms with Crippen LogP contribution in [0.25, 0.3) is 5.69 Å². The summed E-state index contributed by atoms with van der Waals surface area (Å²) in [6.07, 6.45) is 1.64. The molecule has 1 atom stereocenters. The van der Waals surface area contributed by atoms with Gasteiger partial charge in [-0.1, -0.05) is 18.2 Å². The number of rotatable bonds is 6. The molecule has 7 nitrogen and oxygen atoms in total. The number of aromatic nitrogens is 2. The summed E-state index contributed by atoms with van der Waals surface area (Å²) in [6, 6.07) is 9.70. The van der Waals surface area contributed by atoms with Gasteiger partial charge in [-0.3, -0.25) is 4.79 Å². The third-order valence-electron chi connectivity index (χ3n) is 2.78. The highest BCUT2D eigenvalue weighted by Crippen LogP contribution is 2.07. The lowest BCUT2D eigenvalue weighted by atomic mass is 10.3. The highest BCUT2D eigenvalue weighted by atomic mass is 16.5. The maximum Gasteiger partial charge on any atom is 0.328 e. The van der Waals surface area contributed by atoms with Gasteiger partial charge in [0.1, 0.15) is 0 Å². The van der Waals surface area contributed by atoms with Gasteiger partial charge in [0.15, 0.2) is 11.7 Å². The number of carboxylic acid groups (broad SMARTS) is 1. The molecule has 0 aliphatic rings. The molecule has 1 aromatic carbocycles. The molecule has 0 saturated carbocycles. The number of hydrogen-bond donors (Lipinski definition) is 2. The molecule has 0 spiro atoms. The van der Waals surface area contributed by atoms with Crippen LogP contribution in [0.1, 0.15) is 10.5 Å². The van der Waals surface area contributed by atoms with E-state index in [1.165, 1.54) is 13.2 Å². The van der Waals surface area contributed by atoms with Gasteiger partial charge in [0, 0.05) is 13.3 Å². The fourth-order valence-electron chi connectivity index (χ4n) is 1.74. The lowest BCUT2D eigenvalue weighted by Gasteiger charge is -2.12. The summed E-state index contributed by atoms with van der Waals surface area (Å²) < 4.78 is 6.30. The minimum absolute atomic E-state index is 0.111. The number of carbonyl (C=O) groups excluding carboxylic acids is 1. The number of aliphatic carboxylic acids is 1. The van der Waals surface area contributed by atoms with Gasteiger partial charge in [-0.2, -0.15) is 5.10 Å². The highest BCUT2D eigenvalue weighted by molar-refractivity contribution is 5.94. The molecule has 1 aromatic heterocycles. The SMILES string of the molecule is COCC(NC(=O)c1ccn(-c2ccccc2)n1)C(=O)O. The van der Waals surface area contributed by atoms with Crippen molar-refractivity contribution in [2.75, 3.05) is 13.7 Å². The van der Waals surface area contributed by atoms with E-state index in [1.807, 2.05) is 30.3 Å². The van der Waals surface area contributed by atoms with E-state index in [1.54, 1.807) is 10.9 Å². The van der Waals surface area contributed by atoms with Crippen molar-refractivity contribution in [2.45, 2.75) is 6.04 Å². The minimum Gasteiger partial charge on any atom is -0.480 e. The van der Waals surface area contributed by atoms with Gasteiger partial charge >= 0.3 is 5.97 Å². The second-order valence-corrected chi connectivity index (χ2v) is 4.30. The van der Waals surface area contributed by atoms with E-state index in [-0.39, 0.29) is 12.3 Å². The van der Waals surface area contributed by atoms with Crippen molar-refractivity contribution in [1.29, 1.82) is 0 Å². The van der Waals surface area contributed by atoms with Gasteiger partial charge in [-0.15, -0.1) is 0 Å². The Morgan fingerprint density at radius 2 is 2.05 bits per heavy atom. The van der Waals surface area contributed by atoms with Crippen LogP contribution in [0.3, 0.4) is 0 Å². The van der Waals surface area contributed by atoms with Gasteiger partial charge in [0.25, 0.3) is 5.91 Å². The average Bonchev–Trinajstić information content (AvgIpc) is 2.97. The van der Waals surface area contributed by atoms with E-state index in [4.69, 9.17) is 9.84 Å². The largest absolute Gasteiger partial charge is 0.480 e. The molecule has 0 radical (unpaired) electrons. The first-order valence-corrected chi connectivity index (χ1v) is 6.25. The first kappa shape index (κ1) is 14.7. The lowest BCUT2D eigenvalue weighted by Crippen LogP contribution is -2.44. The zero-order chi connectivity index (χ0) is 15.2. The molecule has 0 aliphatic heterocycles. The van der Waals surface area contributed by atoms with Crippen molar-refractivity contribution in [1.82, 2.24) is 15.1 Å². The molecule has 1 heterocycles. The maximum atomic E-state index is 12.0. The van der Waals surface area contributed by atoms with Gasteiger partial charge in [0.2, 0.25) is 0 Å². The van der Waals surface area contributed by atoms with E-state index in [9.17, 15) is 9.59 Å². The molecule has 21 heavy (non-hydrogen) atoms. The third kappa shape index (κ3) is 3.67. The molecule has 2 N–H and O–H groups in total. The number of nitrogens with zero attached hydrogens (tertiary/aromatic N) is 2. The van der Waals surface area contributed by atoms with Crippen molar-refractivity contribution < 1.29 is 19.4 Å². The fourth-order valence-corrected chi connectivity index (χ4v) is 1.74. The molecule has 1 unspecified atom stereocenters. The normalized spacial score (nSPS) is 11.9. The topological polar surface area (TPSA) is 93.5 Å². The Morgan fingerprint density at radius 3 is 2.67 bits per heavy atom. The molecule has 7 heteroatoms. The summed E-state index contributed by atoms with van der Waals surface area (Å²) >= 11 is 0. The number of para-hydroxylation sites is 1. The first-order valence-electron chi connectivity index (χ1n) is 6.25. The number of methoxy groups -OCH3 is 1. The Kier molecular flexibility index (Phi) is 4.68. The number of ether oxygens (including phenoxy) is 1. The van der Waals surface area contributed by atoms with E-state index >= 15 is 0 Å². The quantitative estimate of drug-likeness (QED) is 0.816. The summed E-state index contributed by atoms with van der Waals surface area (Å²) in [5.41, 5.74) is 0.949. The molecular formula is C14H15N3O4. The maximum absolute atomic E-state index is 12.0. The second kappa shape index (κ2) is 6.67. The van der Waals surface area contributed by atoms with E-state index < -0.39 is 17.9 Å². The molecule has 0 fully saturated rings. The van der Waals surface area contributed by atoms with Crippen molar-refractivity contribution in [3.8, 4) is 5.69 Å². The summed E-state index contributed by atoms with van der Waals surface area (Å²) in [4.78, 5) is 22.9. The summed E-state index contributed by atoms with van der Waals surface area (Å²) in [5.74, 6) is -1.72. The standard InChI is InChI=1S/C14H15N3O4/c1-21-9-12(14(19)20)15-13(18)11-7-8-17(16-11)10-5-3-2-4-6-10/h2-8,12H,9H2,1H3,(H,15,18)(H,19,20). The van der Waals surface area contributed by atoms with Crippen LogP contribution < -0.4 is 5.32 Å². The van der Waals surface area contributed by atoms with Gasteiger partial charge in [-0.25, -0.2) is 9.48 Å². The molecule has 0 saturated heterocycles. The van der Waals surface area contributed by atoms with Crippen LogP contribution in [-0.4, -0.2) is 46.5 Å². The van der Waals surface area contributed by atoms with Gasteiger partial charge in [0.05, 0.1) is 12.3 Å². The number of benzene rings is 1. The summed E-state index contributed by atoms with van der Waals surface area (Å²) in [7, 11) is 1.37. The van der Waals surface area contributed by atoms with Crippen LogP contribution in [0.15, 0.2) is 42.6 Å². The zero-order valence-electron chi connectivity index (χ0n) is 11.4. The summed E-state index contributed by atoms with van der Waals surface area (Å²) in [5, 5.41) is 15.4. The Balaban J connectivity index is 2.10. The van der Waals surface area contributed by atoms with E-state index in [0.29, 0.717) is 0 Å². The Morgan fingerprint density at radius 1 is 1.33 bits per heavy atom. The van der Waals surface area contributed by atoms with Crippen LogP contribution in [0.5, 0.6) is 0 Å². The minimum atomic E-state index is -1.16. The molecule has 110 valence electrons. The smallest absolute Gasteiger partial charge is 0.328 e. The fraction of sp³-hybridized carbons (Fsp3) is 0.214. The average molecular weight is 289 g/mol. The van der Waals surface area contributed by atoms with Crippen molar-refractivity contribution in [3.63, 3.8) is 0 Å². The highest BCUT2D eigenvalue weighted by Gasteiger charge is 2.21. The Bertz CT molecular complexity index is 624. The Hall–Kier alpha value is -2.67. The monoisotopic (exact) mass is 289 g/mol. The summed E-state index contributed by atoms with van der Waals surface area (Å²) in [6.45, 7) is -0.111. The second-order valence-electron chi connectivity index (χ2n) is 4.30. The van der Waals surface area contributed by atoms with Gasteiger partial charge in [-0.05, 0) is 18.2 Å². The van der Waals surface area contributed by atoms with Crippen LogP contribution in [0.4, 0.5) is 0 Å².